The van der Waals surface area contributed by atoms with Crippen LogP contribution in [0.3, 0.4) is 0 Å². The molecule has 1 saturated heterocycles. The van der Waals surface area contributed by atoms with Crippen molar-refractivity contribution in [3.63, 3.8) is 0 Å². The Morgan fingerprint density at radius 3 is 2.83 bits per heavy atom. The molecular weight excluding hydrogens is 222 g/mol. The van der Waals surface area contributed by atoms with Gasteiger partial charge < -0.3 is 4.74 Å². The Morgan fingerprint density at radius 2 is 2.22 bits per heavy atom. The summed E-state index contributed by atoms with van der Waals surface area (Å²) in [7, 11) is 0. The fourth-order valence-corrected chi connectivity index (χ4v) is 3.72. The van der Waals surface area contributed by atoms with E-state index in [-0.39, 0.29) is 11.8 Å². The first-order chi connectivity index (χ1) is 8.52. The molecule has 0 spiro atoms. The number of nitrogens with zero attached hydrogens (tertiary/aromatic N) is 1. The SMILES string of the molecule is C#CCN1C(C=C)OC2C(C)CCCC2C1(C)C. The number of hydrogen-bond donors (Lipinski definition) is 0. The van der Waals surface area contributed by atoms with Gasteiger partial charge in [0, 0.05) is 11.5 Å². The molecule has 0 aromatic rings. The summed E-state index contributed by atoms with van der Waals surface area (Å²) >= 11 is 0. The molecule has 0 radical (unpaired) electrons. The van der Waals surface area contributed by atoms with Crippen LogP contribution in [0.25, 0.3) is 0 Å². The molecule has 0 aromatic carbocycles. The van der Waals surface area contributed by atoms with E-state index in [4.69, 9.17) is 11.2 Å². The van der Waals surface area contributed by atoms with Gasteiger partial charge in [-0.05, 0) is 38.7 Å². The number of hydrogen-bond acceptors (Lipinski definition) is 2. The number of rotatable bonds is 2. The lowest BCUT2D eigenvalue weighted by atomic mass is 9.69. The lowest BCUT2D eigenvalue weighted by Gasteiger charge is -2.57. The van der Waals surface area contributed by atoms with Crippen LogP contribution < -0.4 is 0 Å². The number of terminal acetylenes is 1. The summed E-state index contributed by atoms with van der Waals surface area (Å²) in [5.41, 5.74) is 0.0861. The van der Waals surface area contributed by atoms with Gasteiger partial charge in [-0.3, -0.25) is 4.90 Å². The normalized spacial score (nSPS) is 39.7. The summed E-state index contributed by atoms with van der Waals surface area (Å²) in [6.07, 6.45) is 11.5. The van der Waals surface area contributed by atoms with E-state index in [9.17, 15) is 0 Å². The van der Waals surface area contributed by atoms with Gasteiger partial charge in [0.05, 0.1) is 12.6 Å². The average molecular weight is 247 g/mol. The fourth-order valence-electron chi connectivity index (χ4n) is 3.72. The molecule has 0 N–H and O–H groups in total. The summed E-state index contributed by atoms with van der Waals surface area (Å²) in [6.45, 7) is 11.5. The highest BCUT2D eigenvalue weighted by Gasteiger charge is 2.50. The van der Waals surface area contributed by atoms with Gasteiger partial charge in [0.2, 0.25) is 0 Å². The van der Waals surface area contributed by atoms with E-state index in [1.807, 2.05) is 6.08 Å². The standard InChI is InChI=1S/C16H25NO/c1-6-11-17-14(7-2)18-15-12(3)9-8-10-13(15)16(17,4)5/h1,7,12-15H,2,8-11H2,3-5H3. The Labute approximate surface area is 111 Å². The molecule has 0 amide bonds. The molecule has 4 atom stereocenters. The van der Waals surface area contributed by atoms with Crippen molar-refractivity contribution in [3.8, 4) is 12.3 Å². The largest absolute Gasteiger partial charge is 0.356 e. The molecule has 2 heteroatoms. The molecule has 2 aliphatic rings. The minimum atomic E-state index is -0.0437. The van der Waals surface area contributed by atoms with Crippen molar-refractivity contribution in [1.29, 1.82) is 0 Å². The third-order valence-corrected chi connectivity index (χ3v) is 4.85. The van der Waals surface area contributed by atoms with Gasteiger partial charge in [-0.15, -0.1) is 6.42 Å². The quantitative estimate of drug-likeness (QED) is 0.549. The van der Waals surface area contributed by atoms with Gasteiger partial charge >= 0.3 is 0 Å². The van der Waals surface area contributed by atoms with Gasteiger partial charge in [0.25, 0.3) is 0 Å². The Kier molecular flexibility index (Phi) is 3.84. The second-order valence-electron chi connectivity index (χ2n) is 6.23. The highest BCUT2D eigenvalue weighted by molar-refractivity contribution is 5.07. The first-order valence-electron chi connectivity index (χ1n) is 7.00. The molecule has 0 aromatic heterocycles. The van der Waals surface area contributed by atoms with E-state index in [1.54, 1.807) is 0 Å². The zero-order valence-corrected chi connectivity index (χ0v) is 11.9. The van der Waals surface area contributed by atoms with E-state index >= 15 is 0 Å². The van der Waals surface area contributed by atoms with Crippen molar-refractivity contribution in [2.24, 2.45) is 11.8 Å². The summed E-state index contributed by atoms with van der Waals surface area (Å²) in [6, 6.07) is 0. The van der Waals surface area contributed by atoms with Gasteiger partial charge in [-0.25, -0.2) is 0 Å². The third-order valence-electron chi connectivity index (χ3n) is 4.85. The second-order valence-corrected chi connectivity index (χ2v) is 6.23. The smallest absolute Gasteiger partial charge is 0.131 e. The van der Waals surface area contributed by atoms with Gasteiger partial charge in [0.1, 0.15) is 6.23 Å². The molecule has 1 aliphatic heterocycles. The molecule has 0 bridgehead atoms. The first kappa shape index (κ1) is 13.6. The van der Waals surface area contributed by atoms with Crippen LogP contribution in [0.15, 0.2) is 12.7 Å². The minimum Gasteiger partial charge on any atom is -0.356 e. The van der Waals surface area contributed by atoms with Crippen LogP contribution in [0.2, 0.25) is 0 Å². The Bertz CT molecular complexity index is 355. The zero-order chi connectivity index (χ0) is 13.3. The van der Waals surface area contributed by atoms with Crippen LogP contribution in [-0.2, 0) is 4.74 Å². The second kappa shape index (κ2) is 5.07. The maximum atomic E-state index is 6.26. The van der Waals surface area contributed by atoms with E-state index in [1.165, 1.54) is 19.3 Å². The molecule has 1 heterocycles. The van der Waals surface area contributed by atoms with Crippen molar-refractivity contribution >= 4 is 0 Å². The van der Waals surface area contributed by atoms with E-state index in [0.29, 0.717) is 24.5 Å². The predicted molar refractivity (Wildman–Crippen MR) is 75.0 cm³/mol. The Balaban J connectivity index is 2.30. The molecule has 1 saturated carbocycles. The van der Waals surface area contributed by atoms with Crippen LogP contribution >= 0.6 is 0 Å². The molecule has 2 fully saturated rings. The van der Waals surface area contributed by atoms with E-state index in [0.717, 1.165) is 0 Å². The summed E-state index contributed by atoms with van der Waals surface area (Å²) < 4.78 is 6.26. The van der Waals surface area contributed by atoms with Crippen molar-refractivity contribution in [2.45, 2.75) is 57.9 Å². The van der Waals surface area contributed by atoms with Crippen molar-refractivity contribution < 1.29 is 4.74 Å². The molecular formula is C16H25NO. The monoisotopic (exact) mass is 247 g/mol. The van der Waals surface area contributed by atoms with Crippen LogP contribution in [0, 0.1) is 24.2 Å². The number of fused-ring (bicyclic) bond motifs is 1. The molecule has 18 heavy (non-hydrogen) atoms. The molecule has 2 nitrogen and oxygen atoms in total. The Morgan fingerprint density at radius 1 is 1.50 bits per heavy atom. The van der Waals surface area contributed by atoms with Crippen molar-refractivity contribution in [1.82, 2.24) is 4.90 Å². The summed E-state index contributed by atoms with van der Waals surface area (Å²) in [5.74, 6) is 3.97. The first-order valence-corrected chi connectivity index (χ1v) is 7.00. The lowest BCUT2D eigenvalue weighted by Crippen LogP contribution is -2.64. The lowest BCUT2D eigenvalue weighted by molar-refractivity contribution is -0.220. The van der Waals surface area contributed by atoms with Gasteiger partial charge in [-0.2, -0.15) is 0 Å². The topological polar surface area (TPSA) is 12.5 Å². The van der Waals surface area contributed by atoms with E-state index < -0.39 is 0 Å². The maximum Gasteiger partial charge on any atom is 0.131 e. The minimum absolute atomic E-state index is 0.0437. The fraction of sp³-hybridized carbons (Fsp3) is 0.750. The van der Waals surface area contributed by atoms with Crippen LogP contribution in [0.5, 0.6) is 0 Å². The Hall–Kier alpha value is -0.780. The number of ether oxygens (including phenoxy) is 1. The predicted octanol–water partition coefficient (Wildman–Crippen LogP) is 3.05. The molecule has 100 valence electrons. The highest BCUT2D eigenvalue weighted by Crippen LogP contribution is 2.45. The zero-order valence-electron chi connectivity index (χ0n) is 11.9. The molecule has 2 rings (SSSR count). The maximum absolute atomic E-state index is 6.26. The van der Waals surface area contributed by atoms with E-state index in [2.05, 4.69) is 38.2 Å². The van der Waals surface area contributed by atoms with Crippen LogP contribution in [-0.4, -0.2) is 29.3 Å². The summed E-state index contributed by atoms with van der Waals surface area (Å²) in [4.78, 5) is 2.28. The van der Waals surface area contributed by atoms with Crippen molar-refractivity contribution in [3.05, 3.63) is 12.7 Å². The van der Waals surface area contributed by atoms with Crippen LogP contribution in [0.1, 0.15) is 40.0 Å². The third kappa shape index (κ3) is 2.11. The van der Waals surface area contributed by atoms with Gasteiger partial charge in [-0.1, -0.05) is 25.8 Å². The summed E-state index contributed by atoms with van der Waals surface area (Å²) in [5, 5.41) is 0. The van der Waals surface area contributed by atoms with Crippen LogP contribution in [0.4, 0.5) is 0 Å². The molecule has 1 aliphatic carbocycles. The average Bonchev–Trinajstić information content (AvgIpc) is 2.33. The highest BCUT2D eigenvalue weighted by atomic mass is 16.5. The van der Waals surface area contributed by atoms with Crippen molar-refractivity contribution in [2.75, 3.05) is 6.54 Å². The van der Waals surface area contributed by atoms with Gasteiger partial charge in [0.15, 0.2) is 0 Å². The molecule has 4 unspecified atom stereocenters.